The molecule has 8 nitrogen and oxygen atoms in total. The monoisotopic (exact) mass is 670 g/mol. The van der Waals surface area contributed by atoms with Gasteiger partial charge in [0.25, 0.3) is 11.8 Å². The quantitative estimate of drug-likeness (QED) is 0.178. The maximum Gasteiger partial charge on any atom is 0.417 e. The lowest BCUT2D eigenvalue weighted by Gasteiger charge is -2.29. The third-order valence-electron chi connectivity index (χ3n) is 7.39. The van der Waals surface area contributed by atoms with E-state index in [2.05, 4.69) is 15.2 Å². The number of fused-ring (bicyclic) bond motifs is 2. The van der Waals surface area contributed by atoms with Crippen LogP contribution in [0.3, 0.4) is 0 Å². The van der Waals surface area contributed by atoms with Crippen LogP contribution in [0.25, 0.3) is 22.4 Å². The number of hydrogen-bond acceptors (Lipinski definition) is 5. The number of amides is 1. The molecular formula is C30H19F9N4O4. The lowest BCUT2D eigenvalue weighted by molar-refractivity contribution is -0.143. The number of ether oxygens (including phenoxy) is 1. The first-order valence-electron chi connectivity index (χ1n) is 13.5. The van der Waals surface area contributed by atoms with Gasteiger partial charge in [-0.25, -0.2) is 18.0 Å². The Morgan fingerprint density at radius 2 is 1.62 bits per heavy atom. The predicted octanol–water partition coefficient (Wildman–Crippen LogP) is 7.99. The van der Waals surface area contributed by atoms with E-state index in [0.29, 0.717) is 30.0 Å². The molecule has 6 rings (SSSR count). The highest BCUT2D eigenvalue weighted by Crippen LogP contribution is 2.47. The molecule has 17 heteroatoms. The minimum atomic E-state index is -5.17. The zero-order chi connectivity index (χ0) is 34.2. The summed E-state index contributed by atoms with van der Waals surface area (Å²) in [6.07, 6.45) is -10.3. The van der Waals surface area contributed by atoms with Gasteiger partial charge in [-0.05, 0) is 48.9 Å². The fourth-order valence-electron chi connectivity index (χ4n) is 5.46. The second-order valence-corrected chi connectivity index (χ2v) is 10.9. The van der Waals surface area contributed by atoms with E-state index in [1.165, 1.54) is 25.1 Å². The average molecular weight is 670 g/mol. The van der Waals surface area contributed by atoms with E-state index < -0.39 is 71.0 Å². The number of oxazole rings is 1. The SMILES string of the molecule is Cc1cc(C2c3c(-c4cccc5[nH]c(=O)oc45)n[nH]c3C(=O)N2CC(C)(F)F)c(F)cc1Oc1cc(C(F)(F)F)cc(C(F)(F)F)c1. The Morgan fingerprint density at radius 1 is 0.957 bits per heavy atom. The average Bonchev–Trinajstić information content (AvgIpc) is 3.62. The van der Waals surface area contributed by atoms with Crippen LogP contribution >= 0.6 is 0 Å². The van der Waals surface area contributed by atoms with E-state index in [-0.39, 0.29) is 50.8 Å². The molecule has 1 aliphatic heterocycles. The van der Waals surface area contributed by atoms with Gasteiger partial charge in [0, 0.05) is 29.7 Å². The summed E-state index contributed by atoms with van der Waals surface area (Å²) in [4.78, 5) is 28.5. The zero-order valence-electron chi connectivity index (χ0n) is 23.8. The van der Waals surface area contributed by atoms with Gasteiger partial charge in [-0.1, -0.05) is 6.07 Å². The second kappa shape index (κ2) is 10.7. The summed E-state index contributed by atoms with van der Waals surface area (Å²) in [6, 6.07) is 5.19. The van der Waals surface area contributed by atoms with Gasteiger partial charge >= 0.3 is 18.1 Å². The number of aromatic amines is 2. The van der Waals surface area contributed by atoms with Crippen LogP contribution in [-0.4, -0.2) is 38.5 Å². The summed E-state index contributed by atoms with van der Waals surface area (Å²) in [5.41, 5.74) is -3.64. The molecule has 0 spiro atoms. The largest absolute Gasteiger partial charge is 0.457 e. The van der Waals surface area contributed by atoms with Crippen molar-refractivity contribution >= 4 is 17.0 Å². The number of benzene rings is 3. The number of rotatable bonds is 6. The van der Waals surface area contributed by atoms with Crippen LogP contribution in [0.4, 0.5) is 39.5 Å². The van der Waals surface area contributed by atoms with E-state index in [1.807, 2.05) is 0 Å². The van der Waals surface area contributed by atoms with E-state index in [0.717, 1.165) is 6.07 Å². The molecule has 2 N–H and O–H groups in total. The van der Waals surface area contributed by atoms with Crippen molar-refractivity contribution in [3.05, 3.63) is 98.4 Å². The Balaban J connectivity index is 1.48. The van der Waals surface area contributed by atoms with Gasteiger partial charge in [-0.3, -0.25) is 14.9 Å². The van der Waals surface area contributed by atoms with Gasteiger partial charge < -0.3 is 14.1 Å². The van der Waals surface area contributed by atoms with Crippen molar-refractivity contribution in [3.8, 4) is 22.8 Å². The molecule has 246 valence electrons. The molecule has 0 aliphatic carbocycles. The molecule has 47 heavy (non-hydrogen) atoms. The lowest BCUT2D eigenvalue weighted by atomic mass is 9.94. The maximum atomic E-state index is 16.0. The van der Waals surface area contributed by atoms with Crippen molar-refractivity contribution in [1.82, 2.24) is 20.1 Å². The summed E-state index contributed by atoms with van der Waals surface area (Å²) in [7, 11) is 0. The Labute approximate surface area is 256 Å². The van der Waals surface area contributed by atoms with Gasteiger partial charge in [0.05, 0.1) is 29.2 Å². The van der Waals surface area contributed by atoms with E-state index in [9.17, 15) is 44.7 Å². The normalized spacial score (nSPS) is 15.5. The first-order chi connectivity index (χ1) is 21.8. The molecule has 1 unspecified atom stereocenters. The number of halogens is 9. The van der Waals surface area contributed by atoms with Gasteiger partial charge in [0.15, 0.2) is 5.58 Å². The number of H-pyrrole nitrogens is 2. The maximum absolute atomic E-state index is 16.0. The van der Waals surface area contributed by atoms with Gasteiger partial charge in [0.1, 0.15) is 28.7 Å². The fraction of sp³-hybridized carbons (Fsp3) is 0.233. The van der Waals surface area contributed by atoms with Crippen LogP contribution in [0, 0.1) is 12.7 Å². The molecule has 5 aromatic rings. The number of aryl methyl sites for hydroxylation is 1. The van der Waals surface area contributed by atoms with Crippen LogP contribution in [0.1, 0.15) is 51.3 Å². The predicted molar refractivity (Wildman–Crippen MR) is 146 cm³/mol. The number of carbonyl (C=O) groups is 1. The summed E-state index contributed by atoms with van der Waals surface area (Å²) in [6.45, 7) is 0.656. The molecule has 1 atom stereocenters. The van der Waals surface area contributed by atoms with Crippen molar-refractivity contribution in [1.29, 1.82) is 0 Å². The molecule has 2 aromatic heterocycles. The van der Waals surface area contributed by atoms with E-state index in [4.69, 9.17) is 9.15 Å². The van der Waals surface area contributed by atoms with E-state index >= 15 is 4.39 Å². The Bertz CT molecular complexity index is 2070. The van der Waals surface area contributed by atoms with Crippen LogP contribution < -0.4 is 10.5 Å². The van der Waals surface area contributed by atoms with Crippen molar-refractivity contribution in [2.24, 2.45) is 0 Å². The second-order valence-electron chi connectivity index (χ2n) is 10.9. The zero-order valence-corrected chi connectivity index (χ0v) is 23.8. The standard InChI is InChI=1S/C30H19F9N4O4/c1-12-6-17(18(31)10-20(12)46-15-8-13(29(34,35)36)7-14(9-15)30(37,38)39)24-21-22(16-4-3-5-19-25(16)47-27(45)40-19)41-42-23(21)26(44)43(24)11-28(2,32)33/h3-10,24H,11H2,1-2H3,(H,40,45)(H,41,42). The molecule has 0 bridgehead atoms. The van der Waals surface area contributed by atoms with Crippen LogP contribution in [-0.2, 0) is 12.4 Å². The molecule has 0 fully saturated rings. The van der Waals surface area contributed by atoms with Crippen molar-refractivity contribution in [2.75, 3.05) is 6.54 Å². The minimum absolute atomic E-state index is 0.0111. The molecule has 1 amide bonds. The highest BCUT2D eigenvalue weighted by Gasteiger charge is 2.46. The minimum Gasteiger partial charge on any atom is -0.457 e. The Morgan fingerprint density at radius 3 is 2.23 bits per heavy atom. The number of hydrogen-bond donors (Lipinski definition) is 2. The molecular weight excluding hydrogens is 651 g/mol. The molecule has 3 heterocycles. The summed E-state index contributed by atoms with van der Waals surface area (Å²) in [5.74, 6) is -7.82. The van der Waals surface area contributed by atoms with Crippen molar-refractivity contribution < 1.29 is 53.5 Å². The highest BCUT2D eigenvalue weighted by molar-refractivity contribution is 6.02. The molecule has 0 radical (unpaired) electrons. The summed E-state index contributed by atoms with van der Waals surface area (Å²) < 4.78 is 135. The van der Waals surface area contributed by atoms with Crippen LogP contribution in [0.15, 0.2) is 57.7 Å². The summed E-state index contributed by atoms with van der Waals surface area (Å²) >= 11 is 0. The van der Waals surface area contributed by atoms with E-state index in [1.54, 1.807) is 0 Å². The number of carbonyl (C=O) groups excluding carboxylic acids is 1. The number of aromatic nitrogens is 3. The third-order valence-corrected chi connectivity index (χ3v) is 7.39. The highest BCUT2D eigenvalue weighted by atomic mass is 19.4. The lowest BCUT2D eigenvalue weighted by Crippen LogP contribution is -2.38. The van der Waals surface area contributed by atoms with Gasteiger partial charge in [0.2, 0.25) is 0 Å². The van der Waals surface area contributed by atoms with Crippen molar-refractivity contribution in [3.63, 3.8) is 0 Å². The third kappa shape index (κ3) is 5.81. The first-order valence-corrected chi connectivity index (χ1v) is 13.5. The Kier molecular flexibility index (Phi) is 7.21. The number of nitrogens with zero attached hydrogens (tertiary/aromatic N) is 2. The molecule has 0 saturated carbocycles. The van der Waals surface area contributed by atoms with Crippen LogP contribution in [0.2, 0.25) is 0 Å². The fourth-order valence-corrected chi connectivity index (χ4v) is 5.46. The molecule has 0 saturated heterocycles. The summed E-state index contributed by atoms with van der Waals surface area (Å²) in [5, 5.41) is 6.63. The number of nitrogens with one attached hydrogen (secondary N) is 2. The number of alkyl halides is 8. The smallest absolute Gasteiger partial charge is 0.417 e. The number of para-hydroxylation sites is 1. The topological polar surface area (TPSA) is 104 Å². The Hall–Kier alpha value is -5.22. The first kappa shape index (κ1) is 31.7. The molecule has 3 aromatic carbocycles. The van der Waals surface area contributed by atoms with Crippen molar-refractivity contribution in [2.45, 2.75) is 38.2 Å². The molecule has 1 aliphatic rings. The van der Waals surface area contributed by atoms with Gasteiger partial charge in [-0.2, -0.15) is 31.4 Å². The van der Waals surface area contributed by atoms with Gasteiger partial charge in [-0.15, -0.1) is 0 Å². The van der Waals surface area contributed by atoms with Crippen LogP contribution in [0.5, 0.6) is 11.5 Å².